The number of amides is 1. The van der Waals surface area contributed by atoms with Gasteiger partial charge in [-0.25, -0.2) is 0 Å². The minimum Gasteiger partial charge on any atom is -0.346 e. The molecule has 0 radical (unpaired) electrons. The Kier molecular flexibility index (Phi) is 3.24. The van der Waals surface area contributed by atoms with Crippen LogP contribution in [0.2, 0.25) is 0 Å². The van der Waals surface area contributed by atoms with Gasteiger partial charge in [-0.15, -0.1) is 0 Å². The molecule has 1 aliphatic carbocycles. The van der Waals surface area contributed by atoms with E-state index in [4.69, 9.17) is 5.73 Å². The van der Waals surface area contributed by atoms with Crippen LogP contribution >= 0.6 is 0 Å². The quantitative estimate of drug-likeness (QED) is 0.761. The van der Waals surface area contributed by atoms with E-state index in [1.807, 2.05) is 0 Å². The third-order valence-electron chi connectivity index (χ3n) is 3.19. The molecule has 0 spiro atoms. The molecule has 88 valence electrons. The van der Waals surface area contributed by atoms with Crippen molar-refractivity contribution in [3.63, 3.8) is 0 Å². The molecule has 3 N–H and O–H groups in total. The number of hydrogen-bond donors (Lipinski definition) is 2. The summed E-state index contributed by atoms with van der Waals surface area (Å²) in [4.78, 5) is 11.9. The second-order valence-corrected chi connectivity index (χ2v) is 4.37. The SMILES string of the molecule is Cn1nccc1C(=O)NC1CCCCC1N. The molecule has 1 aliphatic rings. The average Bonchev–Trinajstić information content (AvgIpc) is 2.68. The van der Waals surface area contributed by atoms with Crippen LogP contribution < -0.4 is 11.1 Å². The maximum Gasteiger partial charge on any atom is 0.269 e. The zero-order chi connectivity index (χ0) is 11.5. The van der Waals surface area contributed by atoms with Crippen molar-refractivity contribution in [3.8, 4) is 0 Å². The van der Waals surface area contributed by atoms with Crippen molar-refractivity contribution in [2.75, 3.05) is 0 Å². The Morgan fingerprint density at radius 1 is 1.56 bits per heavy atom. The molecule has 0 aliphatic heterocycles. The second-order valence-electron chi connectivity index (χ2n) is 4.37. The van der Waals surface area contributed by atoms with Crippen LogP contribution in [0.1, 0.15) is 36.2 Å². The van der Waals surface area contributed by atoms with Crippen molar-refractivity contribution >= 4 is 5.91 Å². The molecule has 1 aromatic rings. The number of aromatic nitrogens is 2. The van der Waals surface area contributed by atoms with E-state index in [0.29, 0.717) is 5.69 Å². The second kappa shape index (κ2) is 4.65. The standard InChI is InChI=1S/C11H18N4O/c1-15-10(6-7-13-15)11(16)14-9-5-3-2-4-8(9)12/h6-9H,2-5,12H2,1H3,(H,14,16). The molecule has 0 bridgehead atoms. The first-order valence-electron chi connectivity index (χ1n) is 5.73. The van der Waals surface area contributed by atoms with Crippen molar-refractivity contribution < 1.29 is 4.79 Å². The molecular formula is C11H18N4O. The summed E-state index contributed by atoms with van der Waals surface area (Å²) in [6.07, 6.45) is 5.90. The minimum absolute atomic E-state index is 0.0812. The van der Waals surface area contributed by atoms with Gasteiger partial charge in [-0.05, 0) is 18.9 Å². The fraction of sp³-hybridized carbons (Fsp3) is 0.636. The Balaban J connectivity index is 1.99. The van der Waals surface area contributed by atoms with Crippen LogP contribution in [-0.4, -0.2) is 27.8 Å². The van der Waals surface area contributed by atoms with Gasteiger partial charge in [0.05, 0.1) is 0 Å². The molecule has 1 aromatic heterocycles. The number of carbonyl (C=O) groups is 1. The molecular weight excluding hydrogens is 204 g/mol. The van der Waals surface area contributed by atoms with E-state index >= 15 is 0 Å². The highest BCUT2D eigenvalue weighted by molar-refractivity contribution is 5.92. The van der Waals surface area contributed by atoms with E-state index in [-0.39, 0.29) is 18.0 Å². The minimum atomic E-state index is -0.0812. The van der Waals surface area contributed by atoms with Gasteiger partial charge in [0.15, 0.2) is 0 Å². The van der Waals surface area contributed by atoms with E-state index in [1.54, 1.807) is 24.0 Å². The third-order valence-corrected chi connectivity index (χ3v) is 3.19. The molecule has 1 heterocycles. The van der Waals surface area contributed by atoms with Crippen molar-refractivity contribution in [3.05, 3.63) is 18.0 Å². The molecule has 5 nitrogen and oxygen atoms in total. The van der Waals surface area contributed by atoms with E-state index in [2.05, 4.69) is 10.4 Å². The summed E-state index contributed by atoms with van der Waals surface area (Å²) in [6, 6.07) is 1.91. The Labute approximate surface area is 95.0 Å². The van der Waals surface area contributed by atoms with Crippen LogP contribution in [0.25, 0.3) is 0 Å². The molecule has 2 unspecified atom stereocenters. The lowest BCUT2D eigenvalue weighted by Crippen LogP contribution is -2.49. The Hall–Kier alpha value is -1.36. The molecule has 0 saturated heterocycles. The first-order chi connectivity index (χ1) is 7.68. The maximum atomic E-state index is 11.9. The topological polar surface area (TPSA) is 72.9 Å². The molecule has 1 fully saturated rings. The number of nitrogens with zero attached hydrogens (tertiary/aromatic N) is 2. The fourth-order valence-corrected chi connectivity index (χ4v) is 2.18. The Morgan fingerprint density at radius 3 is 2.94 bits per heavy atom. The monoisotopic (exact) mass is 222 g/mol. The van der Waals surface area contributed by atoms with Crippen LogP contribution in [-0.2, 0) is 7.05 Å². The Bertz CT molecular complexity index is 374. The van der Waals surface area contributed by atoms with E-state index < -0.39 is 0 Å². The third kappa shape index (κ3) is 2.24. The summed E-state index contributed by atoms with van der Waals surface area (Å²) in [5.41, 5.74) is 6.56. The van der Waals surface area contributed by atoms with Crippen LogP contribution in [0.5, 0.6) is 0 Å². The maximum absolute atomic E-state index is 11.9. The normalized spacial score (nSPS) is 25.4. The molecule has 2 atom stereocenters. The highest BCUT2D eigenvalue weighted by Crippen LogP contribution is 2.17. The summed E-state index contributed by atoms with van der Waals surface area (Å²) < 4.78 is 1.57. The van der Waals surface area contributed by atoms with Gasteiger partial charge in [0, 0.05) is 25.3 Å². The average molecular weight is 222 g/mol. The first-order valence-corrected chi connectivity index (χ1v) is 5.73. The lowest BCUT2D eigenvalue weighted by Gasteiger charge is -2.29. The molecule has 1 amide bonds. The number of nitrogens with two attached hydrogens (primary N) is 1. The molecule has 1 saturated carbocycles. The van der Waals surface area contributed by atoms with Crippen LogP contribution in [0.3, 0.4) is 0 Å². The largest absolute Gasteiger partial charge is 0.346 e. The van der Waals surface area contributed by atoms with Gasteiger partial charge < -0.3 is 11.1 Å². The summed E-state index contributed by atoms with van der Waals surface area (Å²) in [6.45, 7) is 0. The van der Waals surface area contributed by atoms with Crippen LogP contribution in [0, 0.1) is 0 Å². The van der Waals surface area contributed by atoms with Crippen molar-refractivity contribution in [2.45, 2.75) is 37.8 Å². The molecule has 16 heavy (non-hydrogen) atoms. The summed E-state index contributed by atoms with van der Waals surface area (Å²) >= 11 is 0. The number of nitrogens with one attached hydrogen (secondary N) is 1. The van der Waals surface area contributed by atoms with Gasteiger partial charge in [-0.3, -0.25) is 9.48 Å². The van der Waals surface area contributed by atoms with Gasteiger partial charge in [-0.2, -0.15) is 5.10 Å². The van der Waals surface area contributed by atoms with Gasteiger partial charge >= 0.3 is 0 Å². The number of hydrogen-bond acceptors (Lipinski definition) is 3. The number of rotatable bonds is 2. The molecule has 2 rings (SSSR count). The van der Waals surface area contributed by atoms with Crippen LogP contribution in [0.4, 0.5) is 0 Å². The predicted octanol–water partition coefficient (Wildman–Crippen LogP) is 0.420. The lowest BCUT2D eigenvalue weighted by atomic mass is 9.91. The highest BCUT2D eigenvalue weighted by Gasteiger charge is 2.24. The highest BCUT2D eigenvalue weighted by atomic mass is 16.2. The number of carbonyl (C=O) groups excluding carboxylic acids is 1. The zero-order valence-electron chi connectivity index (χ0n) is 9.52. The van der Waals surface area contributed by atoms with Gasteiger partial charge in [-0.1, -0.05) is 12.8 Å². The first kappa shape index (κ1) is 11.1. The van der Waals surface area contributed by atoms with Crippen molar-refractivity contribution in [1.82, 2.24) is 15.1 Å². The smallest absolute Gasteiger partial charge is 0.269 e. The molecule has 0 aromatic carbocycles. The van der Waals surface area contributed by atoms with Gasteiger partial charge in [0.25, 0.3) is 5.91 Å². The van der Waals surface area contributed by atoms with E-state index in [9.17, 15) is 4.79 Å². The lowest BCUT2D eigenvalue weighted by molar-refractivity contribution is 0.0911. The van der Waals surface area contributed by atoms with Gasteiger partial charge in [0.2, 0.25) is 0 Å². The van der Waals surface area contributed by atoms with Crippen LogP contribution in [0.15, 0.2) is 12.3 Å². The summed E-state index contributed by atoms with van der Waals surface area (Å²) in [5.74, 6) is -0.0812. The zero-order valence-corrected chi connectivity index (χ0v) is 9.52. The number of aryl methyl sites for hydroxylation is 1. The summed E-state index contributed by atoms with van der Waals surface area (Å²) in [5, 5.41) is 6.96. The summed E-state index contributed by atoms with van der Waals surface area (Å²) in [7, 11) is 1.76. The Morgan fingerprint density at radius 2 is 2.31 bits per heavy atom. The molecule has 5 heteroatoms. The van der Waals surface area contributed by atoms with Crippen molar-refractivity contribution in [2.24, 2.45) is 12.8 Å². The van der Waals surface area contributed by atoms with E-state index in [1.165, 1.54) is 6.42 Å². The van der Waals surface area contributed by atoms with E-state index in [0.717, 1.165) is 19.3 Å². The predicted molar refractivity (Wildman–Crippen MR) is 60.9 cm³/mol. The fourth-order valence-electron chi connectivity index (χ4n) is 2.18. The van der Waals surface area contributed by atoms with Gasteiger partial charge in [0.1, 0.15) is 5.69 Å². The van der Waals surface area contributed by atoms with Crippen molar-refractivity contribution in [1.29, 1.82) is 0 Å².